The zero-order valence-corrected chi connectivity index (χ0v) is 16.5. The SMILES string of the molecule is c1ccc(CN2CCN(c3ccnc(NCCN4CCOCC4)n3)CC2)cc1. The van der Waals surface area contributed by atoms with Crippen molar-refractivity contribution < 1.29 is 4.74 Å². The van der Waals surface area contributed by atoms with Gasteiger partial charge < -0.3 is 15.0 Å². The third-order valence-corrected chi connectivity index (χ3v) is 5.40. The Hall–Kier alpha value is -2.22. The Morgan fingerprint density at radius 3 is 2.46 bits per heavy atom. The van der Waals surface area contributed by atoms with Crippen LogP contribution in [0.25, 0.3) is 0 Å². The summed E-state index contributed by atoms with van der Waals surface area (Å²) in [5, 5.41) is 3.37. The molecule has 28 heavy (non-hydrogen) atoms. The summed E-state index contributed by atoms with van der Waals surface area (Å²) in [5.74, 6) is 1.74. The monoisotopic (exact) mass is 382 g/mol. The van der Waals surface area contributed by atoms with Crippen molar-refractivity contribution in [2.45, 2.75) is 6.54 Å². The number of anilines is 2. The first-order chi connectivity index (χ1) is 13.9. The number of nitrogens with zero attached hydrogens (tertiary/aromatic N) is 5. The van der Waals surface area contributed by atoms with Crippen LogP contribution in [0.2, 0.25) is 0 Å². The van der Waals surface area contributed by atoms with Gasteiger partial charge in [0.25, 0.3) is 0 Å². The number of hydrogen-bond donors (Lipinski definition) is 1. The summed E-state index contributed by atoms with van der Waals surface area (Å²) in [4.78, 5) is 16.4. The van der Waals surface area contributed by atoms with Crippen LogP contribution in [0.3, 0.4) is 0 Å². The molecule has 0 aliphatic carbocycles. The van der Waals surface area contributed by atoms with Crippen molar-refractivity contribution in [1.82, 2.24) is 19.8 Å². The van der Waals surface area contributed by atoms with E-state index in [4.69, 9.17) is 9.72 Å². The van der Waals surface area contributed by atoms with E-state index in [9.17, 15) is 0 Å². The lowest BCUT2D eigenvalue weighted by molar-refractivity contribution is 0.0398. The van der Waals surface area contributed by atoms with E-state index < -0.39 is 0 Å². The van der Waals surface area contributed by atoms with E-state index in [1.165, 1.54) is 5.56 Å². The molecule has 2 aromatic rings. The standard InChI is InChI=1S/C21H30N6O/c1-2-4-19(5-3-1)18-26-10-12-27(13-11-26)20-6-7-22-21(24-20)23-8-9-25-14-16-28-17-15-25/h1-7H,8-18H2,(H,22,23,24). The Kier molecular flexibility index (Phi) is 6.70. The summed E-state index contributed by atoms with van der Waals surface area (Å²) < 4.78 is 5.39. The Bertz CT molecular complexity index is 714. The number of morpholine rings is 1. The maximum Gasteiger partial charge on any atom is 0.224 e. The molecule has 1 N–H and O–H groups in total. The van der Waals surface area contributed by atoms with Gasteiger partial charge in [-0.1, -0.05) is 30.3 Å². The van der Waals surface area contributed by atoms with Crippen LogP contribution in [0.5, 0.6) is 0 Å². The van der Waals surface area contributed by atoms with Gasteiger partial charge in [0.2, 0.25) is 5.95 Å². The number of hydrogen-bond acceptors (Lipinski definition) is 7. The van der Waals surface area contributed by atoms with Gasteiger partial charge >= 0.3 is 0 Å². The lowest BCUT2D eigenvalue weighted by Crippen LogP contribution is -2.46. The summed E-state index contributed by atoms with van der Waals surface area (Å²) in [5.41, 5.74) is 1.38. The van der Waals surface area contributed by atoms with Gasteiger partial charge in [0, 0.05) is 65.1 Å². The Labute approximate surface area is 167 Å². The fourth-order valence-electron chi connectivity index (χ4n) is 3.74. The zero-order valence-electron chi connectivity index (χ0n) is 16.5. The average Bonchev–Trinajstić information content (AvgIpc) is 2.76. The maximum atomic E-state index is 5.39. The number of nitrogens with one attached hydrogen (secondary N) is 1. The van der Waals surface area contributed by atoms with Gasteiger partial charge in [-0.25, -0.2) is 4.98 Å². The third-order valence-electron chi connectivity index (χ3n) is 5.40. The van der Waals surface area contributed by atoms with Gasteiger partial charge in [-0.3, -0.25) is 9.80 Å². The molecular formula is C21H30N6O. The molecule has 2 aliphatic heterocycles. The smallest absolute Gasteiger partial charge is 0.224 e. The first kappa shape index (κ1) is 19.1. The summed E-state index contributed by atoms with van der Waals surface area (Å²) in [6, 6.07) is 12.7. The van der Waals surface area contributed by atoms with Crippen LogP contribution in [0.15, 0.2) is 42.6 Å². The Balaban J connectivity index is 1.24. The molecule has 0 radical (unpaired) electrons. The molecule has 2 saturated heterocycles. The van der Waals surface area contributed by atoms with Crippen molar-refractivity contribution in [2.24, 2.45) is 0 Å². The zero-order chi connectivity index (χ0) is 19.0. The highest BCUT2D eigenvalue weighted by Crippen LogP contribution is 2.16. The van der Waals surface area contributed by atoms with Crippen LogP contribution >= 0.6 is 0 Å². The Morgan fingerprint density at radius 2 is 1.68 bits per heavy atom. The average molecular weight is 383 g/mol. The summed E-state index contributed by atoms with van der Waals surface area (Å²) >= 11 is 0. The fourth-order valence-corrected chi connectivity index (χ4v) is 3.74. The van der Waals surface area contributed by atoms with E-state index in [-0.39, 0.29) is 0 Å². The van der Waals surface area contributed by atoms with Crippen molar-refractivity contribution in [3.63, 3.8) is 0 Å². The second-order valence-electron chi connectivity index (χ2n) is 7.37. The van der Waals surface area contributed by atoms with E-state index in [0.29, 0.717) is 0 Å². The molecule has 0 saturated carbocycles. The normalized spacial score (nSPS) is 18.9. The van der Waals surface area contributed by atoms with Gasteiger partial charge in [-0.05, 0) is 11.6 Å². The first-order valence-electron chi connectivity index (χ1n) is 10.2. The minimum atomic E-state index is 0.720. The lowest BCUT2D eigenvalue weighted by Gasteiger charge is -2.35. The number of benzene rings is 1. The lowest BCUT2D eigenvalue weighted by atomic mass is 10.2. The van der Waals surface area contributed by atoms with Crippen molar-refractivity contribution in [3.8, 4) is 0 Å². The highest BCUT2D eigenvalue weighted by molar-refractivity contribution is 5.43. The maximum absolute atomic E-state index is 5.39. The molecule has 0 bridgehead atoms. The summed E-state index contributed by atoms with van der Waals surface area (Å²) in [6.07, 6.45) is 1.86. The molecule has 4 rings (SSSR count). The van der Waals surface area contributed by atoms with Gasteiger partial charge in [0.1, 0.15) is 5.82 Å². The van der Waals surface area contributed by atoms with Crippen LogP contribution in [0, 0.1) is 0 Å². The van der Waals surface area contributed by atoms with E-state index in [2.05, 4.69) is 55.3 Å². The molecule has 2 aliphatic rings. The highest BCUT2D eigenvalue weighted by atomic mass is 16.5. The van der Waals surface area contributed by atoms with Gasteiger partial charge in [-0.15, -0.1) is 0 Å². The van der Waals surface area contributed by atoms with E-state index in [0.717, 1.165) is 83.9 Å². The number of rotatable bonds is 7. The van der Waals surface area contributed by atoms with Gasteiger partial charge in [0.15, 0.2) is 0 Å². The van der Waals surface area contributed by atoms with Crippen LogP contribution in [-0.4, -0.2) is 85.3 Å². The number of ether oxygens (including phenoxy) is 1. The molecule has 7 heteroatoms. The minimum Gasteiger partial charge on any atom is -0.379 e. The molecular weight excluding hydrogens is 352 g/mol. The van der Waals surface area contributed by atoms with Crippen LogP contribution < -0.4 is 10.2 Å². The molecule has 0 amide bonds. The van der Waals surface area contributed by atoms with E-state index in [1.807, 2.05) is 12.3 Å². The number of aromatic nitrogens is 2. The molecule has 1 aromatic heterocycles. The number of piperazine rings is 1. The van der Waals surface area contributed by atoms with Crippen LogP contribution in [0.1, 0.15) is 5.56 Å². The predicted molar refractivity (Wildman–Crippen MR) is 112 cm³/mol. The molecule has 3 heterocycles. The topological polar surface area (TPSA) is 56.8 Å². The van der Waals surface area contributed by atoms with Gasteiger partial charge in [0.05, 0.1) is 13.2 Å². The second-order valence-corrected chi connectivity index (χ2v) is 7.37. The molecule has 7 nitrogen and oxygen atoms in total. The Morgan fingerprint density at radius 1 is 0.893 bits per heavy atom. The molecule has 0 unspecified atom stereocenters. The molecule has 1 aromatic carbocycles. The minimum absolute atomic E-state index is 0.720. The molecule has 0 spiro atoms. The van der Waals surface area contributed by atoms with Crippen LogP contribution in [-0.2, 0) is 11.3 Å². The first-order valence-corrected chi connectivity index (χ1v) is 10.2. The van der Waals surface area contributed by atoms with E-state index in [1.54, 1.807) is 0 Å². The van der Waals surface area contributed by atoms with Gasteiger partial charge in [-0.2, -0.15) is 4.98 Å². The van der Waals surface area contributed by atoms with Crippen molar-refractivity contribution in [3.05, 3.63) is 48.2 Å². The fraction of sp³-hybridized carbons (Fsp3) is 0.524. The van der Waals surface area contributed by atoms with Crippen molar-refractivity contribution in [1.29, 1.82) is 0 Å². The largest absolute Gasteiger partial charge is 0.379 e. The summed E-state index contributed by atoms with van der Waals surface area (Å²) in [7, 11) is 0. The quantitative estimate of drug-likeness (QED) is 0.780. The van der Waals surface area contributed by atoms with Crippen LogP contribution in [0.4, 0.5) is 11.8 Å². The summed E-state index contributed by atoms with van der Waals surface area (Å²) in [6.45, 7) is 10.7. The highest BCUT2D eigenvalue weighted by Gasteiger charge is 2.18. The second kappa shape index (κ2) is 9.82. The third kappa shape index (κ3) is 5.41. The predicted octanol–water partition coefficient (Wildman–Crippen LogP) is 1.54. The van der Waals surface area contributed by atoms with E-state index >= 15 is 0 Å². The molecule has 2 fully saturated rings. The van der Waals surface area contributed by atoms with Crippen molar-refractivity contribution >= 4 is 11.8 Å². The molecule has 150 valence electrons. The molecule has 0 atom stereocenters. The van der Waals surface area contributed by atoms with Crippen molar-refractivity contribution in [2.75, 3.05) is 75.8 Å².